The van der Waals surface area contributed by atoms with Gasteiger partial charge in [0.05, 0.1) is 13.0 Å². The Morgan fingerprint density at radius 2 is 2.23 bits per heavy atom. The molecular formula is C8H14N2O3. The van der Waals surface area contributed by atoms with Crippen LogP contribution in [0.3, 0.4) is 0 Å². The normalized spacial score (nSPS) is 23.2. The Morgan fingerprint density at radius 3 is 2.77 bits per heavy atom. The number of hydrogen-bond donors (Lipinski definition) is 2. The third kappa shape index (κ3) is 3.02. The first kappa shape index (κ1) is 9.98. The molecule has 1 amide bonds. The molecule has 3 N–H and O–H groups in total. The van der Waals surface area contributed by atoms with Gasteiger partial charge in [0.25, 0.3) is 0 Å². The van der Waals surface area contributed by atoms with E-state index in [9.17, 15) is 9.59 Å². The maximum atomic E-state index is 10.6. The molecule has 0 aromatic rings. The minimum atomic E-state index is -0.818. The lowest BCUT2D eigenvalue weighted by Crippen LogP contribution is -2.38. The molecule has 1 fully saturated rings. The second-order valence-corrected chi connectivity index (χ2v) is 3.33. The number of carboxylic acids is 1. The molecule has 1 heterocycles. The average Bonchev–Trinajstić information content (AvgIpc) is 2.34. The number of likely N-dealkylation sites (tertiary alicyclic amines) is 1. The number of carbonyl (C=O) groups excluding carboxylic acids is 1. The molecule has 0 bridgehead atoms. The number of amides is 1. The van der Waals surface area contributed by atoms with E-state index in [4.69, 9.17) is 10.8 Å². The van der Waals surface area contributed by atoms with Crippen LogP contribution in [-0.4, -0.2) is 41.0 Å². The number of nitrogens with zero attached hydrogens (tertiary/aromatic N) is 1. The van der Waals surface area contributed by atoms with Crippen molar-refractivity contribution in [1.29, 1.82) is 0 Å². The average molecular weight is 186 g/mol. The molecule has 1 aliphatic heterocycles. The number of carbonyl (C=O) groups is 2. The quantitative estimate of drug-likeness (QED) is 0.614. The number of primary amides is 1. The van der Waals surface area contributed by atoms with Crippen molar-refractivity contribution in [3.05, 3.63) is 0 Å². The van der Waals surface area contributed by atoms with Crippen molar-refractivity contribution in [2.75, 3.05) is 13.1 Å². The molecule has 5 heteroatoms. The van der Waals surface area contributed by atoms with Crippen molar-refractivity contribution in [3.63, 3.8) is 0 Å². The lowest BCUT2D eigenvalue weighted by atomic mass is 10.1. The number of aliphatic carboxylic acids is 1. The molecule has 74 valence electrons. The molecule has 0 aromatic carbocycles. The number of hydrogen-bond acceptors (Lipinski definition) is 3. The fourth-order valence-electron chi connectivity index (χ4n) is 1.74. The summed E-state index contributed by atoms with van der Waals surface area (Å²) in [6.45, 7) is 0.957. The Labute approximate surface area is 76.5 Å². The van der Waals surface area contributed by atoms with E-state index in [-0.39, 0.29) is 19.0 Å². The maximum Gasteiger partial charge on any atom is 0.304 e. The fraction of sp³-hybridized carbons (Fsp3) is 0.750. The highest BCUT2D eigenvalue weighted by molar-refractivity contribution is 5.76. The van der Waals surface area contributed by atoms with Gasteiger partial charge in [0.2, 0.25) is 5.91 Å². The Balaban J connectivity index is 2.43. The second-order valence-electron chi connectivity index (χ2n) is 3.33. The number of nitrogens with two attached hydrogens (primary N) is 1. The van der Waals surface area contributed by atoms with Gasteiger partial charge in [-0.15, -0.1) is 0 Å². The van der Waals surface area contributed by atoms with Crippen molar-refractivity contribution in [3.8, 4) is 0 Å². The molecule has 0 aromatic heterocycles. The van der Waals surface area contributed by atoms with E-state index < -0.39 is 11.9 Å². The lowest BCUT2D eigenvalue weighted by molar-refractivity contribution is -0.138. The zero-order valence-corrected chi connectivity index (χ0v) is 7.40. The Kier molecular flexibility index (Phi) is 3.25. The van der Waals surface area contributed by atoms with Crippen LogP contribution in [0.1, 0.15) is 19.3 Å². The lowest BCUT2D eigenvalue weighted by Gasteiger charge is -2.20. The van der Waals surface area contributed by atoms with Crippen LogP contribution in [-0.2, 0) is 9.59 Å². The van der Waals surface area contributed by atoms with Gasteiger partial charge in [-0.25, -0.2) is 0 Å². The second kappa shape index (κ2) is 4.23. The molecular weight excluding hydrogens is 172 g/mol. The van der Waals surface area contributed by atoms with Crippen molar-refractivity contribution in [1.82, 2.24) is 4.90 Å². The third-order valence-electron chi connectivity index (χ3n) is 2.27. The van der Waals surface area contributed by atoms with Crippen LogP contribution in [0.15, 0.2) is 0 Å². The highest BCUT2D eigenvalue weighted by Crippen LogP contribution is 2.19. The van der Waals surface area contributed by atoms with E-state index in [1.54, 1.807) is 0 Å². The Bertz CT molecular complexity index is 195. The number of rotatable bonds is 4. The van der Waals surface area contributed by atoms with E-state index in [1.807, 2.05) is 4.90 Å². The smallest absolute Gasteiger partial charge is 0.304 e. The van der Waals surface area contributed by atoms with Crippen molar-refractivity contribution in [2.45, 2.75) is 25.3 Å². The van der Waals surface area contributed by atoms with Gasteiger partial charge in [0.15, 0.2) is 0 Å². The van der Waals surface area contributed by atoms with Crippen LogP contribution >= 0.6 is 0 Å². The monoisotopic (exact) mass is 186 g/mol. The molecule has 1 aliphatic rings. The van der Waals surface area contributed by atoms with E-state index in [0.29, 0.717) is 0 Å². The summed E-state index contributed by atoms with van der Waals surface area (Å²) in [5.74, 6) is -1.21. The summed E-state index contributed by atoms with van der Waals surface area (Å²) in [5.41, 5.74) is 5.04. The first-order chi connectivity index (χ1) is 6.09. The SMILES string of the molecule is NC(=O)CN1CCCC1CC(=O)O. The summed E-state index contributed by atoms with van der Waals surface area (Å²) < 4.78 is 0. The summed E-state index contributed by atoms with van der Waals surface area (Å²) in [6, 6.07) is -0.00926. The van der Waals surface area contributed by atoms with E-state index >= 15 is 0 Å². The van der Waals surface area contributed by atoms with Gasteiger partial charge < -0.3 is 10.8 Å². The molecule has 1 rings (SSSR count). The largest absolute Gasteiger partial charge is 0.481 e. The van der Waals surface area contributed by atoms with E-state index in [2.05, 4.69) is 0 Å². The first-order valence-electron chi connectivity index (χ1n) is 4.33. The summed E-state index contributed by atoms with van der Waals surface area (Å²) in [7, 11) is 0. The summed E-state index contributed by atoms with van der Waals surface area (Å²) in [5, 5.41) is 8.58. The molecule has 0 aliphatic carbocycles. The zero-order chi connectivity index (χ0) is 9.84. The van der Waals surface area contributed by atoms with Crippen LogP contribution in [0, 0.1) is 0 Å². The van der Waals surface area contributed by atoms with Crippen molar-refractivity contribution in [2.24, 2.45) is 5.73 Å². The highest BCUT2D eigenvalue weighted by atomic mass is 16.4. The summed E-state index contributed by atoms with van der Waals surface area (Å²) in [6.07, 6.45) is 1.90. The van der Waals surface area contributed by atoms with Gasteiger partial charge in [-0.05, 0) is 19.4 Å². The molecule has 13 heavy (non-hydrogen) atoms. The summed E-state index contributed by atoms with van der Waals surface area (Å²) in [4.78, 5) is 22.9. The first-order valence-corrected chi connectivity index (χ1v) is 4.33. The van der Waals surface area contributed by atoms with Gasteiger partial charge in [-0.3, -0.25) is 14.5 Å². The number of carboxylic acid groups (broad SMARTS) is 1. The zero-order valence-electron chi connectivity index (χ0n) is 7.40. The topological polar surface area (TPSA) is 83.6 Å². The minimum Gasteiger partial charge on any atom is -0.481 e. The molecule has 0 radical (unpaired) electrons. The minimum absolute atomic E-state index is 0.00926. The van der Waals surface area contributed by atoms with E-state index in [1.165, 1.54) is 0 Å². The van der Waals surface area contributed by atoms with Crippen LogP contribution in [0.5, 0.6) is 0 Å². The van der Waals surface area contributed by atoms with Gasteiger partial charge in [-0.1, -0.05) is 0 Å². The van der Waals surface area contributed by atoms with Crippen LogP contribution < -0.4 is 5.73 Å². The van der Waals surface area contributed by atoms with Crippen LogP contribution in [0.25, 0.3) is 0 Å². The molecule has 5 nitrogen and oxygen atoms in total. The van der Waals surface area contributed by atoms with Gasteiger partial charge in [0.1, 0.15) is 0 Å². The van der Waals surface area contributed by atoms with Gasteiger partial charge in [-0.2, -0.15) is 0 Å². The van der Waals surface area contributed by atoms with E-state index in [0.717, 1.165) is 19.4 Å². The molecule has 1 atom stereocenters. The van der Waals surface area contributed by atoms with Gasteiger partial charge >= 0.3 is 5.97 Å². The Hall–Kier alpha value is -1.10. The molecule has 0 saturated carbocycles. The van der Waals surface area contributed by atoms with Gasteiger partial charge in [0, 0.05) is 6.04 Å². The molecule has 1 saturated heterocycles. The van der Waals surface area contributed by atoms with Crippen molar-refractivity contribution < 1.29 is 14.7 Å². The standard InChI is InChI=1S/C8H14N2O3/c9-7(11)5-10-3-1-2-6(10)4-8(12)13/h6H,1-5H2,(H2,9,11)(H,12,13). The predicted molar refractivity (Wildman–Crippen MR) is 46.0 cm³/mol. The van der Waals surface area contributed by atoms with Crippen LogP contribution in [0.4, 0.5) is 0 Å². The predicted octanol–water partition coefficient (Wildman–Crippen LogP) is -0.589. The fourth-order valence-corrected chi connectivity index (χ4v) is 1.74. The summed E-state index contributed by atoms with van der Waals surface area (Å²) >= 11 is 0. The maximum absolute atomic E-state index is 10.6. The molecule has 1 unspecified atom stereocenters. The van der Waals surface area contributed by atoms with Crippen LogP contribution in [0.2, 0.25) is 0 Å². The highest BCUT2D eigenvalue weighted by Gasteiger charge is 2.27. The third-order valence-corrected chi connectivity index (χ3v) is 2.27. The Morgan fingerprint density at radius 1 is 1.54 bits per heavy atom. The van der Waals surface area contributed by atoms with Crippen molar-refractivity contribution >= 4 is 11.9 Å². The molecule has 0 spiro atoms.